The normalized spacial score (nSPS) is 13.3. The molecule has 0 bridgehead atoms. The standard InChI is InChI=1S/C21H26N4OS/c1-3-11-25-12-5-6-17-13-16(9-10-20(17)25)15-22-24-21(27)23-18-7-4-8-19(14-18)26-2/h4,7-10,13-15H,3,5-6,11-12H2,1-2H3,(H2,23,24,27)/b22-15+. The minimum Gasteiger partial charge on any atom is -0.497 e. The Morgan fingerprint density at radius 1 is 1.30 bits per heavy atom. The van der Waals surface area contributed by atoms with Gasteiger partial charge in [0.05, 0.1) is 13.3 Å². The van der Waals surface area contributed by atoms with Crippen molar-refractivity contribution in [1.82, 2.24) is 5.43 Å². The van der Waals surface area contributed by atoms with Crippen LogP contribution in [0.2, 0.25) is 0 Å². The number of rotatable bonds is 6. The molecule has 6 heteroatoms. The zero-order valence-electron chi connectivity index (χ0n) is 15.9. The number of methoxy groups -OCH3 is 1. The van der Waals surface area contributed by atoms with Gasteiger partial charge in [0.25, 0.3) is 0 Å². The molecule has 1 aliphatic heterocycles. The number of anilines is 2. The van der Waals surface area contributed by atoms with Crippen LogP contribution in [0.25, 0.3) is 0 Å². The van der Waals surface area contributed by atoms with Gasteiger partial charge in [-0.1, -0.05) is 19.1 Å². The molecule has 0 saturated heterocycles. The molecule has 0 spiro atoms. The zero-order chi connectivity index (χ0) is 19.1. The average molecular weight is 383 g/mol. The minimum atomic E-state index is 0.437. The van der Waals surface area contributed by atoms with E-state index in [0.29, 0.717) is 5.11 Å². The molecule has 0 radical (unpaired) electrons. The van der Waals surface area contributed by atoms with Gasteiger partial charge in [0, 0.05) is 30.5 Å². The molecule has 27 heavy (non-hydrogen) atoms. The van der Waals surface area contributed by atoms with Gasteiger partial charge in [0.15, 0.2) is 5.11 Å². The van der Waals surface area contributed by atoms with E-state index < -0.39 is 0 Å². The Bertz CT molecular complexity index is 822. The van der Waals surface area contributed by atoms with Crippen LogP contribution in [0.5, 0.6) is 5.75 Å². The number of thiocarbonyl (C=S) groups is 1. The fourth-order valence-corrected chi connectivity index (χ4v) is 3.47. The van der Waals surface area contributed by atoms with Crippen LogP contribution in [0.4, 0.5) is 11.4 Å². The quantitative estimate of drug-likeness (QED) is 0.446. The first-order chi connectivity index (χ1) is 13.2. The third-order valence-electron chi connectivity index (χ3n) is 4.52. The maximum absolute atomic E-state index is 5.29. The lowest BCUT2D eigenvalue weighted by atomic mass is 9.99. The van der Waals surface area contributed by atoms with E-state index in [2.05, 4.69) is 45.9 Å². The van der Waals surface area contributed by atoms with Gasteiger partial charge in [-0.2, -0.15) is 5.10 Å². The van der Waals surface area contributed by atoms with E-state index in [9.17, 15) is 0 Å². The van der Waals surface area contributed by atoms with E-state index in [1.165, 1.54) is 24.1 Å². The maximum atomic E-state index is 5.29. The molecule has 2 N–H and O–H groups in total. The number of aryl methyl sites for hydroxylation is 1. The topological polar surface area (TPSA) is 48.9 Å². The smallest absolute Gasteiger partial charge is 0.191 e. The van der Waals surface area contributed by atoms with Crippen molar-refractivity contribution in [1.29, 1.82) is 0 Å². The summed E-state index contributed by atoms with van der Waals surface area (Å²) in [6.45, 7) is 4.50. The molecule has 2 aromatic carbocycles. The van der Waals surface area contributed by atoms with Crippen molar-refractivity contribution in [3.05, 3.63) is 53.6 Å². The van der Waals surface area contributed by atoms with Gasteiger partial charge in [-0.25, -0.2) is 0 Å². The highest BCUT2D eigenvalue weighted by Gasteiger charge is 2.15. The Balaban J connectivity index is 1.58. The van der Waals surface area contributed by atoms with E-state index in [1.54, 1.807) is 13.3 Å². The number of hydrogen-bond acceptors (Lipinski definition) is 4. The number of benzene rings is 2. The van der Waals surface area contributed by atoms with E-state index >= 15 is 0 Å². The van der Waals surface area contributed by atoms with Gasteiger partial charge in [-0.3, -0.25) is 5.43 Å². The van der Waals surface area contributed by atoms with Crippen LogP contribution in [-0.4, -0.2) is 31.5 Å². The van der Waals surface area contributed by atoms with Crippen molar-refractivity contribution >= 4 is 34.9 Å². The molecule has 2 aromatic rings. The van der Waals surface area contributed by atoms with Gasteiger partial charge in [0.1, 0.15) is 5.75 Å². The number of ether oxygens (including phenoxy) is 1. The van der Waals surface area contributed by atoms with Gasteiger partial charge < -0.3 is 15.0 Å². The predicted octanol–water partition coefficient (Wildman–Crippen LogP) is 4.18. The van der Waals surface area contributed by atoms with Crippen molar-refractivity contribution < 1.29 is 4.74 Å². The Morgan fingerprint density at radius 2 is 2.19 bits per heavy atom. The first-order valence-electron chi connectivity index (χ1n) is 9.31. The summed E-state index contributed by atoms with van der Waals surface area (Å²) in [5, 5.41) is 7.79. The van der Waals surface area contributed by atoms with Crippen LogP contribution < -0.4 is 20.4 Å². The van der Waals surface area contributed by atoms with Crippen molar-refractivity contribution in [3.8, 4) is 5.75 Å². The maximum Gasteiger partial charge on any atom is 0.191 e. The Labute approximate surface area is 166 Å². The second-order valence-corrected chi connectivity index (χ2v) is 6.94. The van der Waals surface area contributed by atoms with E-state index in [0.717, 1.165) is 36.5 Å². The van der Waals surface area contributed by atoms with Crippen molar-refractivity contribution in [2.45, 2.75) is 26.2 Å². The molecule has 3 rings (SSSR count). The Morgan fingerprint density at radius 3 is 3.00 bits per heavy atom. The molecule has 0 saturated carbocycles. The zero-order valence-corrected chi connectivity index (χ0v) is 16.7. The molecule has 1 heterocycles. The fourth-order valence-electron chi connectivity index (χ4n) is 3.30. The predicted molar refractivity (Wildman–Crippen MR) is 117 cm³/mol. The summed E-state index contributed by atoms with van der Waals surface area (Å²) in [6.07, 6.45) is 5.31. The molecule has 0 aliphatic carbocycles. The fraction of sp³-hybridized carbons (Fsp3) is 0.333. The molecule has 0 amide bonds. The van der Waals surface area contributed by atoms with Crippen LogP contribution in [0.1, 0.15) is 30.9 Å². The summed E-state index contributed by atoms with van der Waals surface area (Å²) < 4.78 is 5.21. The third kappa shape index (κ3) is 5.20. The molecule has 5 nitrogen and oxygen atoms in total. The van der Waals surface area contributed by atoms with E-state index in [1.807, 2.05) is 24.3 Å². The average Bonchev–Trinajstić information content (AvgIpc) is 2.68. The summed E-state index contributed by atoms with van der Waals surface area (Å²) in [5.41, 5.74) is 7.55. The van der Waals surface area contributed by atoms with E-state index in [4.69, 9.17) is 17.0 Å². The molecule has 0 unspecified atom stereocenters. The Kier molecular flexibility index (Phi) is 6.65. The molecule has 0 fully saturated rings. The molecule has 142 valence electrons. The summed E-state index contributed by atoms with van der Waals surface area (Å²) in [5.74, 6) is 0.775. The molecule has 0 aromatic heterocycles. The lowest BCUT2D eigenvalue weighted by Crippen LogP contribution is -2.30. The highest BCUT2D eigenvalue weighted by molar-refractivity contribution is 7.80. The van der Waals surface area contributed by atoms with Gasteiger partial charge >= 0.3 is 0 Å². The van der Waals surface area contributed by atoms with Crippen LogP contribution >= 0.6 is 12.2 Å². The Hall–Kier alpha value is -2.60. The number of hydrazone groups is 1. The highest BCUT2D eigenvalue weighted by atomic mass is 32.1. The summed E-state index contributed by atoms with van der Waals surface area (Å²) in [4.78, 5) is 2.48. The second-order valence-electron chi connectivity index (χ2n) is 6.53. The largest absolute Gasteiger partial charge is 0.497 e. The van der Waals surface area contributed by atoms with Gasteiger partial charge in [-0.05, 0) is 66.9 Å². The number of nitrogens with zero attached hydrogens (tertiary/aromatic N) is 2. The lowest BCUT2D eigenvalue weighted by molar-refractivity contribution is 0.415. The second kappa shape index (κ2) is 9.37. The minimum absolute atomic E-state index is 0.437. The monoisotopic (exact) mass is 382 g/mol. The molecule has 1 aliphatic rings. The number of hydrogen-bond donors (Lipinski definition) is 2. The SMILES string of the molecule is CCCN1CCCc2cc(/C=N/NC(=S)Nc3cccc(OC)c3)ccc21. The van der Waals surface area contributed by atoms with Gasteiger partial charge in [-0.15, -0.1) is 0 Å². The summed E-state index contributed by atoms with van der Waals surface area (Å²) >= 11 is 5.29. The highest BCUT2D eigenvalue weighted by Crippen LogP contribution is 2.27. The first-order valence-corrected chi connectivity index (χ1v) is 9.72. The molecular weight excluding hydrogens is 356 g/mol. The van der Waals surface area contributed by atoms with Crippen molar-refractivity contribution in [2.75, 3.05) is 30.4 Å². The van der Waals surface area contributed by atoms with Crippen molar-refractivity contribution in [3.63, 3.8) is 0 Å². The number of fused-ring (bicyclic) bond motifs is 1. The van der Waals surface area contributed by atoms with Crippen LogP contribution in [-0.2, 0) is 6.42 Å². The van der Waals surface area contributed by atoms with Crippen LogP contribution in [0, 0.1) is 0 Å². The van der Waals surface area contributed by atoms with E-state index in [-0.39, 0.29) is 0 Å². The number of nitrogens with one attached hydrogen (secondary N) is 2. The van der Waals surface area contributed by atoms with Crippen LogP contribution in [0.3, 0.4) is 0 Å². The first kappa shape index (κ1) is 19.2. The molecule has 0 atom stereocenters. The summed E-state index contributed by atoms with van der Waals surface area (Å²) in [7, 11) is 1.64. The molecular formula is C21H26N4OS. The summed E-state index contributed by atoms with van der Waals surface area (Å²) in [6, 6.07) is 14.1. The third-order valence-corrected chi connectivity index (χ3v) is 4.71. The van der Waals surface area contributed by atoms with Gasteiger partial charge in [0.2, 0.25) is 0 Å². The van der Waals surface area contributed by atoms with Crippen LogP contribution in [0.15, 0.2) is 47.6 Å². The lowest BCUT2D eigenvalue weighted by Gasteiger charge is -2.31. The van der Waals surface area contributed by atoms with Crippen molar-refractivity contribution in [2.24, 2.45) is 5.10 Å².